The van der Waals surface area contributed by atoms with E-state index in [2.05, 4.69) is 0 Å². The van der Waals surface area contributed by atoms with Crippen LogP contribution >= 0.6 is 0 Å². The molecule has 0 radical (unpaired) electrons. The maximum Gasteiger partial charge on any atom is 3.00 e. The van der Waals surface area contributed by atoms with E-state index in [1.165, 1.54) is 0 Å². The zero-order chi connectivity index (χ0) is 0. The van der Waals surface area contributed by atoms with Gasteiger partial charge in [-0.1, -0.05) is 0 Å². The molecule has 3 nitrogen and oxygen atoms in total. The van der Waals surface area contributed by atoms with Crippen LogP contribution in [-0.4, -0.2) is 94.6 Å². The molecule has 0 aliphatic carbocycles. The van der Waals surface area contributed by atoms with Crippen molar-refractivity contribution in [1.29, 1.82) is 0 Å². The Kier molecular flexibility index (Phi) is 679. The minimum absolute atomic E-state index is 0. The molecule has 0 saturated heterocycles. The normalized spacial score (nSPS) is 0. The third kappa shape index (κ3) is 32.0. The molecule has 0 aromatic carbocycles. The minimum atomic E-state index is 0. The molecule has 0 aliphatic heterocycles. The molecule has 0 spiro atoms. The molecule has 3 N–H and O–H groups in total. The van der Waals surface area contributed by atoms with Gasteiger partial charge in [-0.15, -0.1) is 0 Å². The Labute approximate surface area is 99.0 Å². The van der Waals surface area contributed by atoms with Gasteiger partial charge < -0.3 is 22.1 Å². The monoisotopic (exact) mass is 146 g/mol. The van der Waals surface area contributed by atoms with Gasteiger partial charge in [-0.3, -0.25) is 0 Å². The van der Waals surface area contributed by atoms with Crippen molar-refractivity contribution in [2.24, 2.45) is 0 Å². The van der Waals surface area contributed by atoms with Gasteiger partial charge >= 0.3 is 78.2 Å². The van der Waals surface area contributed by atoms with Crippen LogP contribution in [0.5, 0.6) is 0 Å². The maximum atomic E-state index is 0. The summed E-state index contributed by atoms with van der Waals surface area (Å²) in [6.07, 6.45) is 0. The van der Waals surface area contributed by atoms with Crippen molar-refractivity contribution in [3.05, 3.63) is 0 Å². The van der Waals surface area contributed by atoms with E-state index in [4.69, 9.17) is 0 Å². The van der Waals surface area contributed by atoms with E-state index < -0.39 is 0 Å². The maximum absolute atomic E-state index is 0. The smallest absolute Gasteiger partial charge is 1.00 e. The first kappa shape index (κ1) is 78.5. The van der Waals surface area contributed by atoms with Crippen molar-refractivity contribution in [1.82, 2.24) is 0 Å². The summed E-state index contributed by atoms with van der Waals surface area (Å²) in [5, 5.41) is 0. The zero-order valence-corrected chi connectivity index (χ0v) is 8.11. The van der Waals surface area contributed by atoms with Crippen molar-refractivity contribution in [3.63, 3.8) is 0 Å². The van der Waals surface area contributed by atoms with Gasteiger partial charge in [0.1, 0.15) is 0 Å². The van der Waals surface area contributed by atoms with Crippen LogP contribution in [0.4, 0.5) is 0 Å². The topological polar surface area (TPSA) is 90.0 Å². The summed E-state index contributed by atoms with van der Waals surface area (Å²) < 4.78 is 0. The summed E-state index contributed by atoms with van der Waals surface area (Å²) in [5.74, 6) is 0. The van der Waals surface area contributed by atoms with E-state index >= 15 is 0 Å². The van der Waals surface area contributed by atoms with E-state index in [1.54, 1.807) is 0 Å². The van der Waals surface area contributed by atoms with Crippen LogP contribution in [0, 0.1) is 0 Å². The van der Waals surface area contributed by atoms with E-state index in [1.807, 2.05) is 0 Å². The Morgan fingerprint density at radius 1 is 0.833 bits per heavy atom. The molecular weight excluding hydrogens is 139 g/mol. The zero-order valence-electron chi connectivity index (χ0n) is 7.33. The molecule has 0 aliphatic rings. The molecule has 0 heterocycles. The van der Waals surface area contributed by atoms with Crippen LogP contribution in [0.15, 0.2) is 0 Å². The van der Waals surface area contributed by atoms with Crippen molar-refractivity contribution in [3.8, 4) is 0 Å². The second-order valence-corrected chi connectivity index (χ2v) is 0. The van der Waals surface area contributed by atoms with Crippen molar-refractivity contribution >= 4 is 78.2 Å². The Bertz CT molecular complexity index is 20.5. The van der Waals surface area contributed by atoms with E-state index in [-0.39, 0.29) is 100 Å². The molecule has 0 aromatic rings. The van der Waals surface area contributed by atoms with Crippen LogP contribution in [-0.2, 0) is 0 Å². The molecule has 6 heavy (non-hydrogen) atoms. The van der Waals surface area contributed by atoms with Crippen LogP contribution in [0.2, 0.25) is 0 Å². The summed E-state index contributed by atoms with van der Waals surface area (Å²) >= 11 is 0. The second kappa shape index (κ2) is 51.9. The van der Waals surface area contributed by atoms with Crippen molar-refractivity contribution < 1.29 is 22.1 Å². The molecule has 0 bridgehead atoms. The molecule has 0 amide bonds. The SMILES string of the molecule is [Al+3].[Ca+2].[H-].[H-].[H-].[H-].[Mg+2].[OH-].[OH-].[OH-]. The summed E-state index contributed by atoms with van der Waals surface area (Å²) in [6, 6.07) is 0. The number of rotatable bonds is 0. The summed E-state index contributed by atoms with van der Waals surface area (Å²) in [7, 11) is 0. The number of hydrogen-bond donors (Lipinski definition) is 0. The van der Waals surface area contributed by atoms with Gasteiger partial charge in [-0.05, 0) is 0 Å². The van der Waals surface area contributed by atoms with E-state index in [0.717, 1.165) is 0 Å². The van der Waals surface area contributed by atoms with Gasteiger partial charge in [0, 0.05) is 0 Å². The van der Waals surface area contributed by atoms with Gasteiger partial charge in [-0.25, -0.2) is 0 Å². The van der Waals surface area contributed by atoms with Crippen LogP contribution in [0.3, 0.4) is 0 Å². The molecule has 6 heteroatoms. The Morgan fingerprint density at radius 3 is 0.833 bits per heavy atom. The first-order valence-electron chi connectivity index (χ1n) is 0. The molecule has 0 saturated carbocycles. The molecule has 0 aromatic heterocycles. The third-order valence-corrected chi connectivity index (χ3v) is 0. The molecule has 0 fully saturated rings. The summed E-state index contributed by atoms with van der Waals surface area (Å²) in [6.45, 7) is 0. The Hall–Kier alpha value is 2.44. The summed E-state index contributed by atoms with van der Waals surface area (Å²) in [4.78, 5) is 0. The van der Waals surface area contributed by atoms with Gasteiger partial charge in [-0.2, -0.15) is 0 Å². The summed E-state index contributed by atoms with van der Waals surface area (Å²) in [5.41, 5.74) is 0. The average molecular weight is 146 g/mol. The van der Waals surface area contributed by atoms with Crippen LogP contribution in [0.1, 0.15) is 5.71 Å². The predicted octanol–water partition coefficient (Wildman–Crippen LogP) is -1.22. The molecule has 32 valence electrons. The van der Waals surface area contributed by atoms with Gasteiger partial charge in [0.25, 0.3) is 0 Å². The third-order valence-electron chi connectivity index (χ3n) is 0. The van der Waals surface area contributed by atoms with Gasteiger partial charge in [0.05, 0.1) is 0 Å². The van der Waals surface area contributed by atoms with E-state index in [9.17, 15) is 0 Å². The fourth-order valence-electron chi connectivity index (χ4n) is 0. The first-order valence-corrected chi connectivity index (χ1v) is 0. The first-order chi connectivity index (χ1) is 0. The van der Waals surface area contributed by atoms with Crippen LogP contribution < -0.4 is 0 Å². The van der Waals surface area contributed by atoms with E-state index in [0.29, 0.717) is 0 Å². The second-order valence-electron chi connectivity index (χ2n) is 0. The Morgan fingerprint density at radius 2 is 0.833 bits per heavy atom. The van der Waals surface area contributed by atoms with Gasteiger partial charge in [0.15, 0.2) is 0 Å². The Balaban J connectivity index is 0. The average Bonchev–Trinajstić information content (AvgIpc) is 0. The molecule has 0 rings (SSSR count). The fraction of sp³-hybridized carbons (Fsp3) is 0. The largest absolute Gasteiger partial charge is 3.00 e. The predicted molar refractivity (Wildman–Crippen MR) is 27.5 cm³/mol. The standard InChI is InChI=1S/Al.Ca.Mg.3H2O.4H/h;;;3*1H2;;;;/q+3;2*+2;;;;4*-1/p-3. The van der Waals surface area contributed by atoms with Crippen molar-refractivity contribution in [2.45, 2.75) is 0 Å². The van der Waals surface area contributed by atoms with Gasteiger partial charge in [0.2, 0.25) is 0 Å². The minimum Gasteiger partial charge on any atom is -1.00 e. The molecule has 0 unspecified atom stereocenters. The van der Waals surface area contributed by atoms with Crippen molar-refractivity contribution in [2.75, 3.05) is 0 Å². The molecular formula is H7AlCaMgO3. The van der Waals surface area contributed by atoms with Crippen LogP contribution in [0.25, 0.3) is 0 Å². The fourth-order valence-corrected chi connectivity index (χ4v) is 0. The quantitative estimate of drug-likeness (QED) is 0.401. The molecule has 0 atom stereocenters. The number of hydrogen-bond acceptors (Lipinski definition) is 3.